The lowest BCUT2D eigenvalue weighted by atomic mass is 10.3. The summed E-state index contributed by atoms with van der Waals surface area (Å²) in [6, 6.07) is 1.23. The molecule has 132 valence electrons. The first-order chi connectivity index (χ1) is 12.2. The van der Waals surface area contributed by atoms with E-state index in [4.69, 9.17) is 1.37 Å². The van der Waals surface area contributed by atoms with Crippen molar-refractivity contribution in [1.82, 2.24) is 24.5 Å². The summed E-state index contributed by atoms with van der Waals surface area (Å²) in [7, 11) is -2.31. The number of fused-ring (bicyclic) bond motifs is 1. The first-order valence-electron chi connectivity index (χ1n) is 7.53. The molecule has 0 aliphatic rings. The summed E-state index contributed by atoms with van der Waals surface area (Å²) in [5, 5.41) is 0.346. The van der Waals surface area contributed by atoms with Gasteiger partial charge in [0.25, 0.3) is 6.43 Å². The molecule has 3 rings (SSSR count). The van der Waals surface area contributed by atoms with Gasteiger partial charge in [-0.05, 0) is 6.07 Å². The monoisotopic (exact) mass is 369 g/mol. The molecule has 3 aromatic heterocycles. The lowest BCUT2D eigenvalue weighted by Gasteiger charge is -2.19. The van der Waals surface area contributed by atoms with Crippen molar-refractivity contribution in [3.8, 4) is 0 Å². The summed E-state index contributed by atoms with van der Waals surface area (Å²) in [5.41, 5.74) is -0.0256. The Morgan fingerprint density at radius 1 is 1.32 bits per heavy atom. The number of aromatic nitrogens is 5. The van der Waals surface area contributed by atoms with E-state index in [1.807, 2.05) is 0 Å². The number of nitrogens with zero attached hydrogens (tertiary/aromatic N) is 6. The zero-order valence-corrected chi connectivity index (χ0v) is 14.1. The maximum atomic E-state index is 13.5. The molecule has 0 radical (unpaired) electrons. The minimum absolute atomic E-state index is 0.0252. The Bertz CT molecular complexity index is 1070. The second-order valence-corrected chi connectivity index (χ2v) is 7.28. The summed E-state index contributed by atoms with van der Waals surface area (Å²) in [5.74, 6) is 0.0252. The maximum absolute atomic E-state index is 13.5. The van der Waals surface area contributed by atoms with Crippen LogP contribution in [0.3, 0.4) is 0 Å². The molecule has 0 aliphatic heterocycles. The Morgan fingerprint density at radius 2 is 2.04 bits per heavy atom. The first kappa shape index (κ1) is 15.8. The van der Waals surface area contributed by atoms with Crippen LogP contribution in [0.2, 0.25) is 0 Å². The third-order valence-electron chi connectivity index (χ3n) is 3.63. The number of hydrogen-bond donors (Lipinski definition) is 0. The van der Waals surface area contributed by atoms with E-state index in [9.17, 15) is 17.2 Å². The highest BCUT2D eigenvalue weighted by atomic mass is 32.2. The van der Waals surface area contributed by atoms with Gasteiger partial charge in [0, 0.05) is 31.0 Å². The molecule has 0 spiro atoms. The molecule has 0 atom stereocenters. The number of rotatable bonds is 5. The highest BCUT2D eigenvalue weighted by molar-refractivity contribution is 7.92. The fraction of sp³-hybridized carbons (Fsp3) is 0.286. The van der Waals surface area contributed by atoms with E-state index in [2.05, 4.69) is 19.9 Å². The van der Waals surface area contributed by atoms with Crippen LogP contribution in [-0.4, -0.2) is 46.2 Å². The third kappa shape index (κ3) is 3.27. The smallest absolute Gasteiger partial charge is 0.278 e. The van der Waals surface area contributed by atoms with Crippen molar-refractivity contribution in [1.29, 1.82) is 0 Å². The quantitative estimate of drug-likeness (QED) is 0.678. The molecule has 0 bridgehead atoms. The zero-order valence-electron chi connectivity index (χ0n) is 14.3. The van der Waals surface area contributed by atoms with E-state index in [-0.39, 0.29) is 35.7 Å². The van der Waals surface area contributed by atoms with Crippen LogP contribution < -0.4 is 4.31 Å². The van der Waals surface area contributed by atoms with E-state index in [1.165, 1.54) is 36.3 Å². The number of hydrogen-bond acceptors (Lipinski definition) is 6. The molecule has 0 N–H and O–H groups in total. The van der Waals surface area contributed by atoms with Crippen LogP contribution >= 0.6 is 0 Å². The lowest BCUT2D eigenvalue weighted by molar-refractivity contribution is 0.142. The van der Waals surface area contributed by atoms with Gasteiger partial charge in [-0.2, -0.15) is 0 Å². The zero-order chi connectivity index (χ0) is 19.1. The number of sulfonamides is 1. The molecule has 0 aliphatic carbocycles. The highest BCUT2D eigenvalue weighted by Gasteiger charge is 2.22. The van der Waals surface area contributed by atoms with Crippen LogP contribution in [0.15, 0.2) is 31.0 Å². The summed E-state index contributed by atoms with van der Waals surface area (Å²) in [6.07, 6.45) is 1.82. The fourth-order valence-electron chi connectivity index (χ4n) is 2.36. The Labute approximate surface area is 143 Å². The van der Waals surface area contributed by atoms with Crippen LogP contribution in [-0.2, 0) is 16.6 Å². The van der Waals surface area contributed by atoms with E-state index in [0.717, 1.165) is 10.6 Å². The van der Waals surface area contributed by atoms with Gasteiger partial charge >= 0.3 is 0 Å². The van der Waals surface area contributed by atoms with Crippen molar-refractivity contribution in [3.05, 3.63) is 42.3 Å². The second kappa shape index (κ2) is 6.31. The van der Waals surface area contributed by atoms with Crippen molar-refractivity contribution in [3.63, 3.8) is 0 Å². The Kier molecular flexibility index (Phi) is 3.99. The molecule has 0 fully saturated rings. The first-order valence-corrected chi connectivity index (χ1v) is 8.88. The van der Waals surface area contributed by atoms with E-state index >= 15 is 0 Å². The van der Waals surface area contributed by atoms with Crippen LogP contribution in [0.5, 0.6) is 0 Å². The molecule has 11 heteroatoms. The van der Waals surface area contributed by atoms with Crippen LogP contribution in [0.1, 0.15) is 19.2 Å². The molecule has 0 saturated carbocycles. The molecule has 0 unspecified atom stereocenters. The molecule has 3 aromatic rings. The standard InChI is InChI=1S/C14H14F2N6O2S/c1-21(25(2,23)24)14-10(18-3-4-19-14)7-22-11(12(15)16)5-9-6-17-8-20-13(9)22/h3-6,8,12H,7H2,1-2H3/i8D. The Morgan fingerprint density at radius 3 is 2.72 bits per heavy atom. The lowest BCUT2D eigenvalue weighted by Crippen LogP contribution is -2.27. The predicted molar refractivity (Wildman–Crippen MR) is 86.9 cm³/mol. The molecule has 0 amide bonds. The third-order valence-corrected chi connectivity index (χ3v) is 4.79. The molecule has 8 nitrogen and oxygen atoms in total. The molecule has 0 saturated heterocycles. The van der Waals surface area contributed by atoms with Gasteiger partial charge in [0.05, 0.1) is 18.5 Å². The normalized spacial score (nSPS) is 12.6. The molecule has 0 aromatic carbocycles. The number of anilines is 1. The van der Waals surface area contributed by atoms with Crippen molar-refractivity contribution in [2.24, 2.45) is 0 Å². The van der Waals surface area contributed by atoms with Gasteiger partial charge in [-0.15, -0.1) is 0 Å². The minimum atomic E-state index is -3.62. The molecule has 3 heterocycles. The van der Waals surface area contributed by atoms with Gasteiger partial charge in [0.15, 0.2) is 5.82 Å². The van der Waals surface area contributed by atoms with E-state index in [0.29, 0.717) is 5.39 Å². The van der Waals surface area contributed by atoms with Crippen LogP contribution in [0.25, 0.3) is 11.0 Å². The average molecular weight is 369 g/mol. The topological polar surface area (TPSA) is 93.9 Å². The van der Waals surface area contributed by atoms with Crippen LogP contribution in [0.4, 0.5) is 14.6 Å². The second-order valence-electron chi connectivity index (χ2n) is 5.26. The summed E-state index contributed by atoms with van der Waals surface area (Å²) < 4.78 is 60.2. The van der Waals surface area contributed by atoms with Crippen LogP contribution in [0, 0.1) is 0 Å². The van der Waals surface area contributed by atoms with Gasteiger partial charge in [-0.25, -0.2) is 32.2 Å². The average Bonchev–Trinajstić information content (AvgIpc) is 2.92. The Balaban J connectivity index is 2.16. The van der Waals surface area contributed by atoms with Crippen molar-refractivity contribution < 1.29 is 18.6 Å². The highest BCUT2D eigenvalue weighted by Crippen LogP contribution is 2.28. The molecular formula is C14H14F2N6O2S. The Hall–Kier alpha value is -2.69. The summed E-state index contributed by atoms with van der Waals surface area (Å²) in [4.78, 5) is 15.7. The fourth-order valence-corrected chi connectivity index (χ4v) is 2.83. The van der Waals surface area contributed by atoms with Gasteiger partial charge in [-0.3, -0.25) is 9.29 Å². The SMILES string of the molecule is [2H]c1ncc2cc(C(F)F)n(Cc3nccnc3N(C)S(C)(=O)=O)c2n1. The minimum Gasteiger partial charge on any atom is -0.318 e. The van der Waals surface area contributed by atoms with Gasteiger partial charge in [-0.1, -0.05) is 0 Å². The largest absolute Gasteiger partial charge is 0.318 e. The van der Waals surface area contributed by atoms with Gasteiger partial charge in [0.2, 0.25) is 10.0 Å². The summed E-state index contributed by atoms with van der Waals surface area (Å²) in [6.45, 7) is -0.192. The van der Waals surface area contributed by atoms with E-state index in [1.54, 1.807) is 0 Å². The molecule has 25 heavy (non-hydrogen) atoms. The number of halogens is 2. The van der Waals surface area contributed by atoms with Crippen molar-refractivity contribution in [2.45, 2.75) is 13.0 Å². The molecular weight excluding hydrogens is 354 g/mol. The van der Waals surface area contributed by atoms with Crippen molar-refractivity contribution >= 4 is 26.9 Å². The van der Waals surface area contributed by atoms with Gasteiger partial charge < -0.3 is 4.57 Å². The van der Waals surface area contributed by atoms with Crippen molar-refractivity contribution in [2.75, 3.05) is 17.6 Å². The predicted octanol–water partition coefficient (Wildman–Crippen LogP) is 1.60. The maximum Gasteiger partial charge on any atom is 0.278 e. The van der Waals surface area contributed by atoms with Gasteiger partial charge in [0.1, 0.15) is 19.0 Å². The van der Waals surface area contributed by atoms with E-state index < -0.39 is 16.4 Å². The number of alkyl halides is 2. The summed E-state index contributed by atoms with van der Waals surface area (Å²) >= 11 is 0.